The smallest absolute Gasteiger partial charge is 0.0616 e. The number of benzene rings is 2. The number of pyridine rings is 1. The van der Waals surface area contributed by atoms with Crippen LogP contribution in [-0.4, -0.2) is 9.55 Å². The molecule has 0 spiro atoms. The topological polar surface area (TPSA) is 17.8 Å². The van der Waals surface area contributed by atoms with Gasteiger partial charge in [0.05, 0.1) is 5.52 Å². The Hall–Kier alpha value is -2.87. The first-order valence-electron chi connectivity index (χ1n) is 10.4. The molecular weight excluding hydrogens is 340 g/mol. The van der Waals surface area contributed by atoms with Crippen molar-refractivity contribution in [3.05, 3.63) is 83.3 Å². The van der Waals surface area contributed by atoms with Crippen molar-refractivity contribution in [3.8, 4) is 16.8 Å². The Morgan fingerprint density at radius 1 is 0.893 bits per heavy atom. The second-order valence-electron chi connectivity index (χ2n) is 8.73. The van der Waals surface area contributed by atoms with E-state index in [0.717, 1.165) is 6.42 Å². The minimum absolute atomic E-state index is 0.00803. The molecule has 6 rings (SSSR count). The highest BCUT2D eigenvalue weighted by Crippen LogP contribution is 2.52. The molecule has 0 bridgehead atoms. The fourth-order valence-electron chi connectivity index (χ4n) is 5.57. The van der Waals surface area contributed by atoms with E-state index in [9.17, 15) is 0 Å². The van der Waals surface area contributed by atoms with Gasteiger partial charge in [0.2, 0.25) is 0 Å². The second-order valence-corrected chi connectivity index (χ2v) is 8.73. The van der Waals surface area contributed by atoms with Gasteiger partial charge >= 0.3 is 0 Å². The summed E-state index contributed by atoms with van der Waals surface area (Å²) < 4.78 is 2.56. The molecule has 0 aliphatic heterocycles. The largest absolute Gasteiger partial charge is 0.313 e. The zero-order chi connectivity index (χ0) is 18.9. The molecule has 2 nitrogen and oxygen atoms in total. The molecule has 0 amide bonds. The Morgan fingerprint density at radius 2 is 1.71 bits per heavy atom. The van der Waals surface area contributed by atoms with E-state index in [4.69, 9.17) is 0 Å². The van der Waals surface area contributed by atoms with E-state index < -0.39 is 0 Å². The summed E-state index contributed by atoms with van der Waals surface area (Å²) >= 11 is 0. The lowest BCUT2D eigenvalue weighted by molar-refractivity contribution is 0.660. The summed E-state index contributed by atoms with van der Waals surface area (Å²) in [6.45, 7) is 4.69. The van der Waals surface area contributed by atoms with Gasteiger partial charge in [0.15, 0.2) is 0 Å². The summed E-state index contributed by atoms with van der Waals surface area (Å²) in [6, 6.07) is 17.9. The van der Waals surface area contributed by atoms with E-state index in [-0.39, 0.29) is 5.41 Å². The molecule has 0 atom stereocenters. The van der Waals surface area contributed by atoms with Crippen molar-refractivity contribution in [2.75, 3.05) is 0 Å². The highest BCUT2D eigenvalue weighted by molar-refractivity contribution is 6.03. The van der Waals surface area contributed by atoms with E-state index >= 15 is 0 Å². The lowest BCUT2D eigenvalue weighted by atomic mass is 9.82. The summed E-state index contributed by atoms with van der Waals surface area (Å²) in [6.07, 6.45) is 8.93. The maximum atomic E-state index is 4.50. The molecule has 0 fully saturated rings. The predicted molar refractivity (Wildman–Crippen MR) is 115 cm³/mol. The van der Waals surface area contributed by atoms with Crippen molar-refractivity contribution in [1.82, 2.24) is 9.55 Å². The van der Waals surface area contributed by atoms with Crippen molar-refractivity contribution in [1.29, 1.82) is 0 Å². The number of aryl methyl sites for hydroxylation is 1. The number of rotatable bonds is 1. The van der Waals surface area contributed by atoms with Crippen molar-refractivity contribution >= 4 is 10.9 Å². The zero-order valence-corrected chi connectivity index (χ0v) is 16.5. The van der Waals surface area contributed by atoms with Crippen LogP contribution in [-0.2, 0) is 18.3 Å². The highest BCUT2D eigenvalue weighted by Gasteiger charge is 2.38. The molecular formula is C26H24N2. The highest BCUT2D eigenvalue weighted by atomic mass is 15.0. The molecule has 138 valence electrons. The fourth-order valence-corrected chi connectivity index (χ4v) is 5.57. The van der Waals surface area contributed by atoms with Gasteiger partial charge in [0.1, 0.15) is 0 Å². The van der Waals surface area contributed by atoms with Crippen LogP contribution < -0.4 is 0 Å². The SMILES string of the molecule is CC1(C)c2ccncc2-c2c1ccc1c3c(n(-c4ccccc4)c21)CCCC3. The van der Waals surface area contributed by atoms with Gasteiger partial charge in [0, 0.05) is 45.7 Å². The quantitative estimate of drug-likeness (QED) is 0.392. The van der Waals surface area contributed by atoms with E-state index in [1.807, 2.05) is 6.20 Å². The number of nitrogens with zero attached hydrogens (tertiary/aromatic N) is 2. The minimum atomic E-state index is 0.00803. The zero-order valence-electron chi connectivity index (χ0n) is 16.5. The Labute approximate surface area is 165 Å². The van der Waals surface area contributed by atoms with E-state index in [1.54, 1.807) is 5.56 Å². The van der Waals surface area contributed by atoms with Crippen molar-refractivity contribution < 1.29 is 0 Å². The van der Waals surface area contributed by atoms with Crippen LogP contribution in [0.15, 0.2) is 60.9 Å². The van der Waals surface area contributed by atoms with E-state index in [2.05, 4.69) is 78.1 Å². The lowest BCUT2D eigenvalue weighted by Gasteiger charge is -2.21. The third-order valence-corrected chi connectivity index (χ3v) is 6.89. The normalized spacial score (nSPS) is 16.6. The van der Waals surface area contributed by atoms with Gasteiger partial charge in [0.25, 0.3) is 0 Å². The van der Waals surface area contributed by atoms with Crippen LogP contribution in [0.3, 0.4) is 0 Å². The Kier molecular flexibility index (Phi) is 3.21. The lowest BCUT2D eigenvalue weighted by Crippen LogP contribution is -2.14. The number of fused-ring (bicyclic) bond motifs is 7. The average Bonchev–Trinajstić information content (AvgIpc) is 3.19. The first kappa shape index (κ1) is 16.1. The summed E-state index contributed by atoms with van der Waals surface area (Å²) in [4.78, 5) is 4.50. The average molecular weight is 364 g/mol. The summed E-state index contributed by atoms with van der Waals surface area (Å²) in [5.41, 5.74) is 11.3. The molecule has 2 aliphatic carbocycles. The van der Waals surface area contributed by atoms with Crippen molar-refractivity contribution in [2.45, 2.75) is 44.9 Å². The van der Waals surface area contributed by atoms with Crippen LogP contribution in [0.25, 0.3) is 27.7 Å². The van der Waals surface area contributed by atoms with Crippen LogP contribution in [0, 0.1) is 0 Å². The third kappa shape index (κ3) is 1.95. The predicted octanol–water partition coefficient (Wildman–Crippen LogP) is 6.21. The van der Waals surface area contributed by atoms with Gasteiger partial charge in [-0.1, -0.05) is 44.2 Å². The summed E-state index contributed by atoms with van der Waals surface area (Å²) in [5, 5.41) is 1.44. The maximum Gasteiger partial charge on any atom is 0.0616 e. The van der Waals surface area contributed by atoms with Gasteiger partial charge in [-0.25, -0.2) is 0 Å². The van der Waals surface area contributed by atoms with Gasteiger partial charge < -0.3 is 4.57 Å². The standard InChI is InChI=1S/C26H24N2/c1-26(2)21-14-15-27-16-20(21)24-22(26)13-12-19-18-10-6-7-11-23(18)28(25(19)24)17-8-4-3-5-9-17/h3-5,8-9,12-16H,6-7,10-11H2,1-2H3. The number of aromatic nitrogens is 2. The molecule has 4 aromatic rings. The van der Waals surface area contributed by atoms with Crippen LogP contribution in [0.1, 0.15) is 49.1 Å². The second kappa shape index (κ2) is 5.57. The van der Waals surface area contributed by atoms with Crippen LogP contribution in [0.4, 0.5) is 0 Å². The molecule has 28 heavy (non-hydrogen) atoms. The summed E-state index contributed by atoms with van der Waals surface area (Å²) in [7, 11) is 0. The van der Waals surface area contributed by atoms with E-state index in [1.165, 1.54) is 63.8 Å². The fraction of sp³-hybridized carbons (Fsp3) is 0.269. The Balaban J connectivity index is 1.82. The molecule has 2 heteroatoms. The first-order chi connectivity index (χ1) is 13.7. The van der Waals surface area contributed by atoms with Crippen LogP contribution in [0.2, 0.25) is 0 Å². The molecule has 2 heterocycles. The maximum absolute atomic E-state index is 4.50. The Bertz CT molecular complexity index is 1230. The molecule has 0 N–H and O–H groups in total. The van der Waals surface area contributed by atoms with Gasteiger partial charge in [-0.15, -0.1) is 0 Å². The molecule has 2 aromatic carbocycles. The number of hydrogen-bond acceptors (Lipinski definition) is 1. The minimum Gasteiger partial charge on any atom is -0.313 e. The van der Waals surface area contributed by atoms with Crippen LogP contribution >= 0.6 is 0 Å². The third-order valence-electron chi connectivity index (χ3n) is 6.89. The van der Waals surface area contributed by atoms with Gasteiger partial charge in [-0.2, -0.15) is 0 Å². The molecule has 0 saturated carbocycles. The molecule has 0 saturated heterocycles. The molecule has 0 radical (unpaired) electrons. The Morgan fingerprint density at radius 3 is 2.57 bits per heavy atom. The van der Waals surface area contributed by atoms with Crippen LogP contribution in [0.5, 0.6) is 0 Å². The number of hydrogen-bond donors (Lipinski definition) is 0. The van der Waals surface area contributed by atoms with Gasteiger partial charge in [-0.05, 0) is 60.6 Å². The van der Waals surface area contributed by atoms with E-state index in [0.29, 0.717) is 0 Å². The molecule has 0 unspecified atom stereocenters. The van der Waals surface area contributed by atoms with Crippen molar-refractivity contribution in [2.24, 2.45) is 0 Å². The number of para-hydroxylation sites is 1. The monoisotopic (exact) mass is 364 g/mol. The molecule has 2 aromatic heterocycles. The summed E-state index contributed by atoms with van der Waals surface area (Å²) in [5.74, 6) is 0. The van der Waals surface area contributed by atoms with Crippen molar-refractivity contribution in [3.63, 3.8) is 0 Å². The van der Waals surface area contributed by atoms with Gasteiger partial charge in [-0.3, -0.25) is 4.98 Å². The first-order valence-corrected chi connectivity index (χ1v) is 10.4. The molecule has 2 aliphatic rings.